The molecule has 1 aromatic heterocycles. The predicted octanol–water partition coefficient (Wildman–Crippen LogP) is 2.09. The van der Waals surface area contributed by atoms with E-state index < -0.39 is 15.7 Å². The Kier molecular flexibility index (Phi) is 4.93. The molecule has 2 heterocycles. The van der Waals surface area contributed by atoms with Crippen molar-refractivity contribution in [2.24, 2.45) is 0 Å². The highest BCUT2D eigenvalue weighted by Crippen LogP contribution is 2.31. The van der Waals surface area contributed by atoms with E-state index in [-0.39, 0.29) is 16.8 Å². The van der Waals surface area contributed by atoms with Crippen LogP contribution in [0, 0.1) is 0 Å². The molecule has 0 bridgehead atoms. The minimum atomic E-state index is -3.25. The Morgan fingerprint density at radius 2 is 1.76 bits per heavy atom. The van der Waals surface area contributed by atoms with Crippen molar-refractivity contribution in [2.45, 2.75) is 11.3 Å². The highest BCUT2D eigenvalue weighted by Gasteiger charge is 2.17. The number of sulfone groups is 1. The van der Waals surface area contributed by atoms with Gasteiger partial charge < -0.3 is 13.9 Å². The summed E-state index contributed by atoms with van der Waals surface area (Å²) < 4.78 is 39.4. The van der Waals surface area contributed by atoms with Crippen LogP contribution in [0.2, 0.25) is 0 Å². The van der Waals surface area contributed by atoms with Crippen molar-refractivity contribution in [1.29, 1.82) is 0 Å². The number of carbonyl (C=O) groups is 1. The van der Waals surface area contributed by atoms with Gasteiger partial charge in [-0.3, -0.25) is 10.1 Å². The minimum absolute atomic E-state index is 0.0346. The van der Waals surface area contributed by atoms with E-state index in [0.717, 1.165) is 11.8 Å². The van der Waals surface area contributed by atoms with Crippen LogP contribution in [0.3, 0.4) is 0 Å². The number of fused-ring (bicyclic) bond motifs is 1. The monoisotopic (exact) mass is 415 g/mol. The summed E-state index contributed by atoms with van der Waals surface area (Å²) in [6.45, 7) is 0.899. The molecule has 10 heteroatoms. The Balaban J connectivity index is 1.42. The number of hydrogen-bond donors (Lipinski definition) is 1. The summed E-state index contributed by atoms with van der Waals surface area (Å²) in [6.07, 6.45) is 1.45. The molecule has 1 aliphatic heterocycles. The zero-order chi connectivity index (χ0) is 20.4. The number of benzene rings is 2. The Morgan fingerprint density at radius 1 is 1.03 bits per heavy atom. The second kappa shape index (κ2) is 7.55. The number of anilines is 1. The lowest BCUT2D eigenvalue weighted by molar-refractivity contribution is 0.102. The number of amides is 1. The van der Waals surface area contributed by atoms with Crippen LogP contribution < -0.4 is 14.8 Å². The first-order valence-electron chi connectivity index (χ1n) is 8.71. The summed E-state index contributed by atoms with van der Waals surface area (Å²) in [5, 5.41) is 10.3. The van der Waals surface area contributed by atoms with Crippen LogP contribution in [0.15, 0.2) is 51.8 Å². The van der Waals surface area contributed by atoms with Gasteiger partial charge >= 0.3 is 6.01 Å². The Hall–Kier alpha value is -3.40. The highest BCUT2D eigenvalue weighted by molar-refractivity contribution is 7.90. The number of ether oxygens (including phenoxy) is 2. The van der Waals surface area contributed by atoms with Gasteiger partial charge in [0.1, 0.15) is 13.2 Å². The standard InChI is InChI=1S/C19H17N3O6S/c1-29(24,25)14-5-2-12(3-6-14)10-17-21-22-19(28-17)20-18(23)13-4-7-15-16(11-13)27-9-8-26-15/h2-7,11H,8-10H2,1H3,(H,20,22,23). The number of nitrogens with one attached hydrogen (secondary N) is 1. The fourth-order valence-corrected chi connectivity index (χ4v) is 3.39. The molecular weight excluding hydrogens is 398 g/mol. The Bertz CT molecular complexity index is 1150. The van der Waals surface area contributed by atoms with Gasteiger partial charge in [0.05, 0.1) is 11.3 Å². The lowest BCUT2D eigenvalue weighted by atomic mass is 10.1. The van der Waals surface area contributed by atoms with Crippen LogP contribution in [0.5, 0.6) is 11.5 Å². The molecule has 0 saturated carbocycles. The van der Waals surface area contributed by atoms with Gasteiger partial charge in [0, 0.05) is 11.8 Å². The second-order valence-corrected chi connectivity index (χ2v) is 8.42. The number of aromatic nitrogens is 2. The number of nitrogens with zero attached hydrogens (tertiary/aromatic N) is 2. The maximum absolute atomic E-state index is 12.4. The summed E-state index contributed by atoms with van der Waals surface area (Å²) in [5.41, 5.74) is 1.16. The van der Waals surface area contributed by atoms with Crippen LogP contribution in [0.1, 0.15) is 21.8 Å². The molecule has 1 aliphatic rings. The van der Waals surface area contributed by atoms with E-state index in [9.17, 15) is 13.2 Å². The molecule has 9 nitrogen and oxygen atoms in total. The van der Waals surface area contributed by atoms with Gasteiger partial charge in [-0.1, -0.05) is 17.2 Å². The molecule has 0 atom stereocenters. The zero-order valence-electron chi connectivity index (χ0n) is 15.4. The summed E-state index contributed by atoms with van der Waals surface area (Å²) >= 11 is 0. The van der Waals surface area contributed by atoms with Gasteiger partial charge in [-0.15, -0.1) is 5.10 Å². The van der Waals surface area contributed by atoms with Gasteiger partial charge in [0.2, 0.25) is 5.89 Å². The molecule has 29 heavy (non-hydrogen) atoms. The summed E-state index contributed by atoms with van der Waals surface area (Å²) in [4.78, 5) is 12.6. The molecule has 4 rings (SSSR count). The largest absolute Gasteiger partial charge is 0.486 e. The normalized spacial score (nSPS) is 13.1. The highest BCUT2D eigenvalue weighted by atomic mass is 32.2. The summed E-state index contributed by atoms with van der Waals surface area (Å²) in [7, 11) is -3.25. The molecule has 0 fully saturated rings. The molecule has 0 unspecified atom stereocenters. The first-order chi connectivity index (χ1) is 13.9. The van der Waals surface area contributed by atoms with E-state index in [1.54, 1.807) is 30.3 Å². The van der Waals surface area contributed by atoms with Crippen molar-refractivity contribution in [3.05, 3.63) is 59.5 Å². The topological polar surface area (TPSA) is 121 Å². The van der Waals surface area contributed by atoms with Gasteiger partial charge in [0.25, 0.3) is 5.91 Å². The molecule has 0 aliphatic carbocycles. The maximum Gasteiger partial charge on any atom is 0.322 e. The van der Waals surface area contributed by atoms with E-state index in [4.69, 9.17) is 13.9 Å². The van der Waals surface area contributed by atoms with Crippen molar-refractivity contribution >= 4 is 21.8 Å². The predicted molar refractivity (Wildman–Crippen MR) is 102 cm³/mol. The minimum Gasteiger partial charge on any atom is -0.486 e. The van der Waals surface area contributed by atoms with Gasteiger partial charge in [0.15, 0.2) is 21.3 Å². The molecule has 0 radical (unpaired) electrons. The number of carbonyl (C=O) groups excluding carboxylic acids is 1. The number of rotatable bonds is 5. The van der Waals surface area contributed by atoms with E-state index >= 15 is 0 Å². The summed E-state index contributed by atoms with van der Waals surface area (Å²) in [5.74, 6) is 0.965. The van der Waals surface area contributed by atoms with Gasteiger partial charge in [-0.2, -0.15) is 0 Å². The van der Waals surface area contributed by atoms with Crippen molar-refractivity contribution < 1.29 is 27.1 Å². The van der Waals surface area contributed by atoms with Gasteiger partial charge in [-0.05, 0) is 35.9 Å². The van der Waals surface area contributed by atoms with E-state index in [0.29, 0.717) is 36.7 Å². The third-order valence-electron chi connectivity index (χ3n) is 4.20. The zero-order valence-corrected chi connectivity index (χ0v) is 16.2. The molecule has 3 aromatic rings. The summed E-state index contributed by atoms with van der Waals surface area (Å²) in [6, 6.07) is 11.2. The van der Waals surface area contributed by atoms with Crippen molar-refractivity contribution in [2.75, 3.05) is 24.8 Å². The Morgan fingerprint density at radius 3 is 2.48 bits per heavy atom. The van der Waals surface area contributed by atoms with Crippen LogP contribution in [-0.2, 0) is 16.3 Å². The van der Waals surface area contributed by atoms with Crippen molar-refractivity contribution in [1.82, 2.24) is 10.2 Å². The quantitative estimate of drug-likeness (QED) is 0.672. The average Bonchev–Trinajstić information content (AvgIpc) is 3.14. The molecule has 0 saturated heterocycles. The fourth-order valence-electron chi connectivity index (χ4n) is 2.76. The fraction of sp³-hybridized carbons (Fsp3) is 0.211. The molecule has 1 N–H and O–H groups in total. The molecule has 0 spiro atoms. The third-order valence-corrected chi connectivity index (χ3v) is 5.33. The first kappa shape index (κ1) is 18.9. The molecule has 150 valence electrons. The molecular formula is C19H17N3O6S. The lowest BCUT2D eigenvalue weighted by Crippen LogP contribution is -2.17. The van der Waals surface area contributed by atoms with Crippen LogP contribution >= 0.6 is 0 Å². The lowest BCUT2D eigenvalue weighted by Gasteiger charge is -2.18. The van der Waals surface area contributed by atoms with Gasteiger partial charge in [-0.25, -0.2) is 8.42 Å². The second-order valence-electron chi connectivity index (χ2n) is 6.41. The average molecular weight is 415 g/mol. The Labute approximate surface area is 166 Å². The van der Waals surface area contributed by atoms with Crippen molar-refractivity contribution in [3.8, 4) is 11.5 Å². The maximum atomic E-state index is 12.4. The third kappa shape index (κ3) is 4.37. The van der Waals surface area contributed by atoms with Crippen LogP contribution in [-0.4, -0.2) is 44.0 Å². The van der Waals surface area contributed by atoms with Crippen molar-refractivity contribution in [3.63, 3.8) is 0 Å². The van der Waals surface area contributed by atoms with Crippen LogP contribution in [0.4, 0.5) is 6.01 Å². The molecule has 2 aromatic carbocycles. The van der Waals surface area contributed by atoms with E-state index in [1.165, 1.54) is 12.1 Å². The smallest absolute Gasteiger partial charge is 0.322 e. The van der Waals surface area contributed by atoms with E-state index in [2.05, 4.69) is 15.5 Å². The van der Waals surface area contributed by atoms with E-state index in [1.807, 2.05) is 0 Å². The molecule has 1 amide bonds. The SMILES string of the molecule is CS(=O)(=O)c1ccc(Cc2nnc(NC(=O)c3ccc4c(c3)OCCO4)o2)cc1. The number of hydrogen-bond acceptors (Lipinski definition) is 8. The first-order valence-corrected chi connectivity index (χ1v) is 10.6. The van der Waals surface area contributed by atoms with Crippen LogP contribution in [0.25, 0.3) is 0 Å².